The molecule has 4 nitrogen and oxygen atoms in total. The molecule has 136 valence electrons. The molecule has 0 bridgehead atoms. The fourth-order valence-corrected chi connectivity index (χ4v) is 2.49. The molecule has 1 N–H and O–H groups in total. The van der Waals surface area contributed by atoms with Gasteiger partial charge in [-0.2, -0.15) is 13.2 Å². The minimum atomic E-state index is -4.53. The van der Waals surface area contributed by atoms with Crippen LogP contribution in [0.5, 0.6) is 0 Å². The van der Waals surface area contributed by atoms with Gasteiger partial charge in [0.25, 0.3) is 0 Å². The summed E-state index contributed by atoms with van der Waals surface area (Å²) in [5, 5.41) is 9.59. The van der Waals surface area contributed by atoms with Gasteiger partial charge in [-0.05, 0) is 37.6 Å². The van der Waals surface area contributed by atoms with Gasteiger partial charge in [0.1, 0.15) is 5.76 Å². The topological polar surface area (TPSA) is 53.7 Å². The third kappa shape index (κ3) is 4.63. The summed E-state index contributed by atoms with van der Waals surface area (Å²) in [4.78, 5) is 14.1. The predicted molar refractivity (Wildman–Crippen MR) is 85.6 cm³/mol. The fourth-order valence-electron chi connectivity index (χ4n) is 2.49. The van der Waals surface area contributed by atoms with Crippen LogP contribution in [0.1, 0.15) is 30.7 Å². The van der Waals surface area contributed by atoms with Crippen molar-refractivity contribution in [3.05, 3.63) is 59.5 Å². The van der Waals surface area contributed by atoms with Crippen molar-refractivity contribution in [2.75, 3.05) is 6.61 Å². The molecule has 0 saturated heterocycles. The molecule has 1 heterocycles. The van der Waals surface area contributed by atoms with Crippen molar-refractivity contribution < 1.29 is 27.5 Å². The number of hydrogen-bond donors (Lipinski definition) is 1. The second kappa shape index (κ2) is 7.31. The van der Waals surface area contributed by atoms with Crippen LogP contribution in [0.3, 0.4) is 0 Å². The number of aliphatic hydroxyl groups is 1. The number of furan rings is 1. The number of carbonyl (C=O) groups is 1. The zero-order chi connectivity index (χ0) is 18.7. The Hall–Kier alpha value is -2.28. The van der Waals surface area contributed by atoms with Crippen LogP contribution in [0, 0.1) is 0 Å². The first-order valence-electron chi connectivity index (χ1n) is 7.74. The highest BCUT2D eigenvalue weighted by molar-refractivity contribution is 5.80. The molecular weight excluding hydrogens is 335 g/mol. The van der Waals surface area contributed by atoms with E-state index in [1.165, 1.54) is 29.4 Å². The van der Waals surface area contributed by atoms with Gasteiger partial charge in [0.15, 0.2) is 0 Å². The Bertz CT molecular complexity index is 709. The van der Waals surface area contributed by atoms with Crippen molar-refractivity contribution in [1.82, 2.24) is 4.90 Å². The van der Waals surface area contributed by atoms with Crippen LogP contribution in [0.15, 0.2) is 47.1 Å². The van der Waals surface area contributed by atoms with Crippen LogP contribution in [0.25, 0.3) is 0 Å². The number of benzene rings is 1. The van der Waals surface area contributed by atoms with E-state index in [4.69, 9.17) is 4.42 Å². The molecule has 0 aliphatic carbocycles. The molecular formula is C18H20F3NO3. The Morgan fingerprint density at radius 1 is 1.16 bits per heavy atom. The van der Waals surface area contributed by atoms with Gasteiger partial charge in [-0.3, -0.25) is 4.79 Å². The average Bonchev–Trinajstić information content (AvgIpc) is 3.05. The van der Waals surface area contributed by atoms with E-state index in [1.54, 1.807) is 26.0 Å². The summed E-state index contributed by atoms with van der Waals surface area (Å²) in [5.41, 5.74) is -1.88. The maximum Gasteiger partial charge on any atom is 0.416 e. The molecule has 0 fully saturated rings. The van der Waals surface area contributed by atoms with Gasteiger partial charge in [-0.1, -0.05) is 18.2 Å². The van der Waals surface area contributed by atoms with E-state index in [0.29, 0.717) is 5.76 Å². The van der Waals surface area contributed by atoms with Gasteiger partial charge in [0.2, 0.25) is 5.91 Å². The molecule has 0 spiro atoms. The lowest BCUT2D eigenvalue weighted by Crippen LogP contribution is -2.50. The second-order valence-corrected chi connectivity index (χ2v) is 6.36. The summed E-state index contributed by atoms with van der Waals surface area (Å²) >= 11 is 0. The van der Waals surface area contributed by atoms with Crippen molar-refractivity contribution in [2.24, 2.45) is 0 Å². The molecule has 25 heavy (non-hydrogen) atoms. The Balaban J connectivity index is 2.29. The van der Waals surface area contributed by atoms with Crippen molar-refractivity contribution in [3.63, 3.8) is 0 Å². The molecule has 1 aromatic carbocycles. The van der Waals surface area contributed by atoms with Crippen molar-refractivity contribution >= 4 is 5.91 Å². The maximum absolute atomic E-state index is 13.1. The van der Waals surface area contributed by atoms with E-state index < -0.39 is 29.6 Å². The van der Waals surface area contributed by atoms with Crippen LogP contribution in [-0.2, 0) is 23.9 Å². The summed E-state index contributed by atoms with van der Waals surface area (Å²) in [6.45, 7) is 3.01. The molecule has 0 atom stereocenters. The number of carbonyl (C=O) groups excluding carboxylic acids is 1. The number of hydrogen-bond acceptors (Lipinski definition) is 3. The van der Waals surface area contributed by atoms with Gasteiger partial charge < -0.3 is 14.4 Å². The van der Waals surface area contributed by atoms with E-state index in [9.17, 15) is 23.1 Å². The van der Waals surface area contributed by atoms with Crippen LogP contribution < -0.4 is 0 Å². The molecule has 1 aromatic heterocycles. The van der Waals surface area contributed by atoms with Gasteiger partial charge in [0, 0.05) is 0 Å². The van der Waals surface area contributed by atoms with E-state index in [2.05, 4.69) is 0 Å². The lowest BCUT2D eigenvalue weighted by molar-refractivity contribution is -0.140. The average molecular weight is 355 g/mol. The fraction of sp³-hybridized carbons (Fsp3) is 0.389. The summed E-state index contributed by atoms with van der Waals surface area (Å²) in [7, 11) is 0. The largest absolute Gasteiger partial charge is 0.467 e. The van der Waals surface area contributed by atoms with E-state index in [1.807, 2.05) is 0 Å². The van der Waals surface area contributed by atoms with Gasteiger partial charge in [0.05, 0.1) is 36.9 Å². The minimum absolute atomic E-state index is 0.0631. The minimum Gasteiger partial charge on any atom is -0.467 e. The first kappa shape index (κ1) is 19.1. The Kier molecular flexibility index (Phi) is 5.57. The molecule has 0 saturated carbocycles. The third-order valence-corrected chi connectivity index (χ3v) is 3.98. The van der Waals surface area contributed by atoms with Crippen molar-refractivity contribution in [2.45, 2.75) is 38.5 Å². The number of rotatable bonds is 6. The maximum atomic E-state index is 13.1. The first-order valence-corrected chi connectivity index (χ1v) is 7.74. The summed E-state index contributed by atoms with van der Waals surface area (Å²) in [5.74, 6) is -0.0360. The molecule has 0 unspecified atom stereocenters. The highest BCUT2D eigenvalue weighted by atomic mass is 19.4. The SMILES string of the molecule is CC(C)(CO)N(Cc1ccco1)C(=O)Cc1ccccc1C(F)(F)F. The lowest BCUT2D eigenvalue weighted by Gasteiger charge is -2.37. The molecule has 0 aliphatic heterocycles. The summed E-state index contributed by atoms with van der Waals surface area (Å²) in [6, 6.07) is 8.32. The molecule has 0 radical (unpaired) electrons. The molecule has 1 amide bonds. The number of alkyl halides is 3. The van der Waals surface area contributed by atoms with E-state index >= 15 is 0 Å². The van der Waals surface area contributed by atoms with Crippen LogP contribution in [-0.4, -0.2) is 28.1 Å². The molecule has 0 aliphatic rings. The van der Waals surface area contributed by atoms with Gasteiger partial charge in [-0.25, -0.2) is 0 Å². The summed E-state index contributed by atoms with van der Waals surface area (Å²) in [6.07, 6.45) is -3.50. The molecule has 7 heteroatoms. The van der Waals surface area contributed by atoms with Crippen molar-refractivity contribution in [3.8, 4) is 0 Å². The van der Waals surface area contributed by atoms with Gasteiger partial charge >= 0.3 is 6.18 Å². The van der Waals surface area contributed by atoms with E-state index in [0.717, 1.165) is 6.07 Å². The summed E-state index contributed by atoms with van der Waals surface area (Å²) < 4.78 is 44.6. The Labute approximate surface area is 143 Å². The number of nitrogens with zero attached hydrogens (tertiary/aromatic N) is 1. The second-order valence-electron chi connectivity index (χ2n) is 6.36. The first-order chi connectivity index (χ1) is 11.6. The number of halogens is 3. The highest BCUT2D eigenvalue weighted by Crippen LogP contribution is 2.32. The molecule has 2 rings (SSSR count). The quantitative estimate of drug-likeness (QED) is 0.861. The van der Waals surface area contributed by atoms with Gasteiger partial charge in [-0.15, -0.1) is 0 Å². The van der Waals surface area contributed by atoms with E-state index in [-0.39, 0.29) is 18.7 Å². The standard InChI is InChI=1S/C18H20F3NO3/c1-17(2,12-23)22(11-14-7-5-9-25-14)16(24)10-13-6-3-4-8-15(13)18(19,20)21/h3-9,23H,10-12H2,1-2H3. The normalized spacial score (nSPS) is 12.2. The van der Waals surface area contributed by atoms with Crippen LogP contribution in [0.4, 0.5) is 13.2 Å². The zero-order valence-electron chi connectivity index (χ0n) is 14.0. The number of amides is 1. The monoisotopic (exact) mass is 355 g/mol. The smallest absolute Gasteiger partial charge is 0.416 e. The van der Waals surface area contributed by atoms with Crippen LogP contribution in [0.2, 0.25) is 0 Å². The Morgan fingerprint density at radius 2 is 1.84 bits per heavy atom. The van der Waals surface area contributed by atoms with Crippen molar-refractivity contribution in [1.29, 1.82) is 0 Å². The highest BCUT2D eigenvalue weighted by Gasteiger charge is 2.35. The molecule has 2 aromatic rings. The third-order valence-electron chi connectivity index (χ3n) is 3.98. The zero-order valence-corrected chi connectivity index (χ0v) is 14.0. The lowest BCUT2D eigenvalue weighted by atomic mass is 9.99. The number of aliphatic hydroxyl groups excluding tert-OH is 1. The predicted octanol–water partition coefficient (Wildman–Crippen LogP) is 3.64. The van der Waals surface area contributed by atoms with Crippen LogP contribution >= 0.6 is 0 Å². The Morgan fingerprint density at radius 3 is 2.40 bits per heavy atom.